The number of nitrogens with one attached hydrogen (secondary N) is 2. The van der Waals surface area contributed by atoms with Crippen LogP contribution in [0.25, 0.3) is 16.8 Å². The van der Waals surface area contributed by atoms with Gasteiger partial charge in [0.2, 0.25) is 5.95 Å². The zero-order valence-corrected chi connectivity index (χ0v) is 13.7. The first-order valence-electron chi connectivity index (χ1n) is 8.08. The number of nitrogens with zero attached hydrogens (tertiary/aromatic N) is 3. The number of hydrogen-bond acceptors (Lipinski definition) is 5. The van der Waals surface area contributed by atoms with Gasteiger partial charge in [-0.1, -0.05) is 30.3 Å². The van der Waals surface area contributed by atoms with E-state index in [0.717, 1.165) is 5.52 Å². The number of anilines is 1. The molecule has 126 valence electrons. The first-order chi connectivity index (χ1) is 12.2. The van der Waals surface area contributed by atoms with Crippen LogP contribution in [-0.2, 0) is 11.3 Å². The topological polar surface area (TPSA) is 84.3 Å². The van der Waals surface area contributed by atoms with Gasteiger partial charge in [0.05, 0.1) is 23.2 Å². The van der Waals surface area contributed by atoms with Crippen molar-refractivity contribution in [1.29, 1.82) is 0 Å². The lowest BCUT2D eigenvalue weighted by atomic mass is 10.2. The lowest BCUT2D eigenvalue weighted by molar-refractivity contribution is 0.0526. The van der Waals surface area contributed by atoms with E-state index in [0.29, 0.717) is 36.0 Å². The molecule has 2 aromatic carbocycles. The molecule has 0 unspecified atom stereocenters. The average molecular weight is 335 g/mol. The second kappa shape index (κ2) is 6.27. The Kier molecular flexibility index (Phi) is 3.81. The molecule has 2 N–H and O–H groups in total. The number of benzene rings is 2. The molecule has 0 radical (unpaired) electrons. The molecular formula is C18H17N5O2. The van der Waals surface area contributed by atoms with Crippen molar-refractivity contribution in [3.05, 3.63) is 59.7 Å². The lowest BCUT2D eigenvalue weighted by Crippen LogP contribution is -2.04. The Morgan fingerprint density at radius 2 is 2.04 bits per heavy atom. The highest BCUT2D eigenvalue weighted by Crippen LogP contribution is 2.19. The summed E-state index contributed by atoms with van der Waals surface area (Å²) in [6, 6.07) is 15.4. The molecule has 4 aromatic rings. The zero-order chi connectivity index (χ0) is 17.2. The molecule has 0 saturated carbocycles. The summed E-state index contributed by atoms with van der Waals surface area (Å²) < 4.78 is 6.81. The van der Waals surface area contributed by atoms with E-state index >= 15 is 0 Å². The molecule has 2 aromatic heterocycles. The highest BCUT2D eigenvalue weighted by Gasteiger charge is 2.13. The molecule has 0 saturated heterocycles. The fourth-order valence-electron chi connectivity index (χ4n) is 2.69. The van der Waals surface area contributed by atoms with Crippen LogP contribution in [0.4, 0.5) is 5.95 Å². The molecule has 2 heterocycles. The largest absolute Gasteiger partial charge is 0.462 e. The smallest absolute Gasteiger partial charge is 0.338 e. The van der Waals surface area contributed by atoms with E-state index in [4.69, 9.17) is 4.74 Å². The van der Waals surface area contributed by atoms with E-state index in [1.54, 1.807) is 23.6 Å². The number of esters is 1. The monoisotopic (exact) mass is 335 g/mol. The van der Waals surface area contributed by atoms with Gasteiger partial charge in [-0.05, 0) is 30.7 Å². The number of aromatic nitrogens is 4. The summed E-state index contributed by atoms with van der Waals surface area (Å²) in [6.45, 7) is 2.80. The van der Waals surface area contributed by atoms with Crippen molar-refractivity contribution in [3.63, 3.8) is 0 Å². The van der Waals surface area contributed by atoms with E-state index < -0.39 is 0 Å². The van der Waals surface area contributed by atoms with Crippen molar-refractivity contribution < 1.29 is 9.53 Å². The van der Waals surface area contributed by atoms with Gasteiger partial charge in [-0.25, -0.2) is 14.3 Å². The molecule has 0 fully saturated rings. The molecule has 0 aliphatic heterocycles. The normalized spacial score (nSPS) is 11.1. The standard InChI is InChI=1S/C18H17N5O2/c1-2-25-16(24)13-8-9-15-14(10-13)20-18-21-17(22-23(15)18)19-11-12-6-4-3-5-7-12/h3-10H,2,11H2,1H3,(H2,19,20,21,22). The number of ether oxygens (including phenoxy) is 1. The predicted octanol–water partition coefficient (Wildman–Crippen LogP) is 3.00. The summed E-state index contributed by atoms with van der Waals surface area (Å²) in [5, 5.41) is 6.42. The molecule has 0 aliphatic carbocycles. The molecular weight excluding hydrogens is 318 g/mol. The van der Waals surface area contributed by atoms with Crippen LogP contribution in [0, 0.1) is 0 Å². The van der Waals surface area contributed by atoms with Gasteiger partial charge in [0.25, 0.3) is 5.78 Å². The molecule has 0 bridgehead atoms. The van der Waals surface area contributed by atoms with E-state index in [1.165, 1.54) is 5.56 Å². The second-order valence-corrected chi connectivity index (χ2v) is 5.58. The van der Waals surface area contributed by atoms with Crippen LogP contribution >= 0.6 is 0 Å². The number of carbonyl (C=O) groups excluding carboxylic acids is 1. The lowest BCUT2D eigenvalue weighted by Gasteiger charge is -2.02. The minimum Gasteiger partial charge on any atom is -0.462 e. The van der Waals surface area contributed by atoms with Crippen molar-refractivity contribution in [2.24, 2.45) is 0 Å². The summed E-state index contributed by atoms with van der Waals surface area (Å²) in [4.78, 5) is 20.7. The first-order valence-corrected chi connectivity index (χ1v) is 8.08. The number of aromatic amines is 1. The molecule has 7 nitrogen and oxygen atoms in total. The second-order valence-electron chi connectivity index (χ2n) is 5.58. The Hall–Kier alpha value is -3.35. The molecule has 7 heteroatoms. The van der Waals surface area contributed by atoms with Crippen molar-refractivity contribution in [3.8, 4) is 0 Å². The fourth-order valence-corrected chi connectivity index (χ4v) is 2.69. The molecule has 0 atom stereocenters. The van der Waals surface area contributed by atoms with Gasteiger partial charge in [-0.3, -0.25) is 5.10 Å². The van der Waals surface area contributed by atoms with Crippen molar-refractivity contribution in [2.45, 2.75) is 13.5 Å². The molecule has 25 heavy (non-hydrogen) atoms. The fraction of sp³-hybridized carbons (Fsp3) is 0.167. The van der Waals surface area contributed by atoms with Crippen molar-refractivity contribution in [1.82, 2.24) is 19.6 Å². The zero-order valence-electron chi connectivity index (χ0n) is 13.7. The third-order valence-electron chi connectivity index (χ3n) is 3.88. The predicted molar refractivity (Wildman–Crippen MR) is 94.6 cm³/mol. The van der Waals surface area contributed by atoms with Gasteiger partial charge in [-0.2, -0.15) is 4.98 Å². The van der Waals surface area contributed by atoms with Gasteiger partial charge in [0, 0.05) is 6.54 Å². The quantitative estimate of drug-likeness (QED) is 0.548. The maximum Gasteiger partial charge on any atom is 0.338 e. The third kappa shape index (κ3) is 2.91. The Labute approximate surface area is 143 Å². The maximum atomic E-state index is 11.8. The van der Waals surface area contributed by atoms with E-state index in [-0.39, 0.29) is 5.97 Å². The van der Waals surface area contributed by atoms with Gasteiger partial charge < -0.3 is 10.1 Å². The maximum absolute atomic E-state index is 11.8. The van der Waals surface area contributed by atoms with Crippen LogP contribution < -0.4 is 5.32 Å². The SMILES string of the molecule is CCOC(=O)c1ccc2c(c1)nc1nc(NCc3ccccc3)[nH]n12. The minimum absolute atomic E-state index is 0.346. The summed E-state index contributed by atoms with van der Waals surface area (Å²) in [5.41, 5.74) is 3.19. The summed E-state index contributed by atoms with van der Waals surface area (Å²) in [6.07, 6.45) is 0. The Morgan fingerprint density at radius 1 is 1.20 bits per heavy atom. The molecule has 0 spiro atoms. The Morgan fingerprint density at radius 3 is 2.84 bits per heavy atom. The van der Waals surface area contributed by atoms with Crippen LogP contribution in [0.2, 0.25) is 0 Å². The van der Waals surface area contributed by atoms with Gasteiger partial charge in [0.15, 0.2) is 0 Å². The van der Waals surface area contributed by atoms with Gasteiger partial charge >= 0.3 is 5.97 Å². The number of hydrogen-bond donors (Lipinski definition) is 2. The van der Waals surface area contributed by atoms with Crippen molar-refractivity contribution in [2.75, 3.05) is 11.9 Å². The Bertz CT molecular complexity index is 1040. The number of carbonyl (C=O) groups is 1. The highest BCUT2D eigenvalue weighted by atomic mass is 16.5. The van der Waals surface area contributed by atoms with Crippen LogP contribution in [0.1, 0.15) is 22.8 Å². The highest BCUT2D eigenvalue weighted by molar-refractivity contribution is 5.94. The van der Waals surface area contributed by atoms with E-state index in [1.807, 2.05) is 36.4 Å². The molecule has 4 rings (SSSR count). The van der Waals surface area contributed by atoms with E-state index in [2.05, 4.69) is 20.4 Å². The Balaban J connectivity index is 1.60. The number of H-pyrrole nitrogens is 1. The van der Waals surface area contributed by atoms with Crippen molar-refractivity contribution >= 4 is 28.7 Å². The summed E-state index contributed by atoms with van der Waals surface area (Å²) >= 11 is 0. The minimum atomic E-state index is -0.348. The summed E-state index contributed by atoms with van der Waals surface area (Å²) in [5.74, 6) is 0.841. The van der Waals surface area contributed by atoms with E-state index in [9.17, 15) is 4.79 Å². The average Bonchev–Trinajstić information content (AvgIpc) is 3.17. The number of rotatable bonds is 5. The number of imidazole rings is 1. The van der Waals surface area contributed by atoms with Gasteiger partial charge in [-0.15, -0.1) is 0 Å². The summed E-state index contributed by atoms with van der Waals surface area (Å²) in [7, 11) is 0. The molecule has 0 amide bonds. The first kappa shape index (κ1) is 15.2. The van der Waals surface area contributed by atoms with Crippen LogP contribution in [-0.4, -0.2) is 32.2 Å². The third-order valence-corrected chi connectivity index (χ3v) is 3.88. The van der Waals surface area contributed by atoms with Crippen LogP contribution in [0.5, 0.6) is 0 Å². The molecule has 0 aliphatic rings. The van der Waals surface area contributed by atoms with Gasteiger partial charge in [0.1, 0.15) is 0 Å². The van der Waals surface area contributed by atoms with Crippen LogP contribution in [0.3, 0.4) is 0 Å². The number of fused-ring (bicyclic) bond motifs is 3. The van der Waals surface area contributed by atoms with Crippen LogP contribution in [0.15, 0.2) is 48.5 Å².